The lowest BCUT2D eigenvalue weighted by molar-refractivity contribution is 0.600. The molecule has 4 rings (SSSR count). The molecule has 0 atom stereocenters. The second kappa shape index (κ2) is 7.77. The molecule has 0 amide bonds. The lowest BCUT2D eigenvalue weighted by atomic mass is 10.1. The van der Waals surface area contributed by atoms with Crippen molar-refractivity contribution in [3.8, 4) is 21.8 Å². The molecule has 1 N–H and O–H groups in total. The number of aryl methyl sites for hydroxylation is 2. The van der Waals surface area contributed by atoms with Crippen molar-refractivity contribution < 1.29 is 8.42 Å². The minimum absolute atomic E-state index is 0.280. The molecular formula is C22H19N3O2S2. The maximum absolute atomic E-state index is 12.8. The second-order valence-electron chi connectivity index (χ2n) is 6.73. The maximum Gasteiger partial charge on any atom is 0.262 e. The van der Waals surface area contributed by atoms with Gasteiger partial charge in [-0.3, -0.25) is 9.71 Å². The Morgan fingerprint density at radius 2 is 1.72 bits per heavy atom. The molecule has 0 spiro atoms. The fourth-order valence-electron chi connectivity index (χ4n) is 3.09. The fourth-order valence-corrected chi connectivity index (χ4v) is 5.20. The third kappa shape index (κ3) is 4.21. The highest BCUT2D eigenvalue weighted by Crippen LogP contribution is 2.30. The van der Waals surface area contributed by atoms with Crippen LogP contribution in [0.3, 0.4) is 0 Å². The number of benzene rings is 2. The average molecular weight is 422 g/mol. The van der Waals surface area contributed by atoms with Crippen LogP contribution in [0.5, 0.6) is 0 Å². The quantitative estimate of drug-likeness (QED) is 0.475. The van der Waals surface area contributed by atoms with E-state index in [4.69, 9.17) is 0 Å². The van der Waals surface area contributed by atoms with Crippen molar-refractivity contribution in [2.45, 2.75) is 18.7 Å². The van der Waals surface area contributed by atoms with Crippen LogP contribution in [-0.2, 0) is 10.0 Å². The third-order valence-electron chi connectivity index (χ3n) is 4.46. The van der Waals surface area contributed by atoms with Crippen molar-refractivity contribution in [3.63, 3.8) is 0 Å². The molecule has 146 valence electrons. The summed E-state index contributed by atoms with van der Waals surface area (Å²) in [6.45, 7) is 3.74. The summed E-state index contributed by atoms with van der Waals surface area (Å²) < 4.78 is 28.4. The van der Waals surface area contributed by atoms with Crippen molar-refractivity contribution in [2.24, 2.45) is 0 Å². The molecule has 0 aliphatic heterocycles. The molecule has 0 radical (unpaired) electrons. The topological polar surface area (TPSA) is 72.0 Å². The Morgan fingerprint density at radius 1 is 0.931 bits per heavy atom. The molecule has 2 aromatic heterocycles. The van der Waals surface area contributed by atoms with Crippen LogP contribution in [0.4, 0.5) is 5.69 Å². The van der Waals surface area contributed by atoms with Crippen LogP contribution in [0.1, 0.15) is 11.1 Å². The van der Waals surface area contributed by atoms with Gasteiger partial charge in [-0.05, 0) is 49.7 Å². The van der Waals surface area contributed by atoms with E-state index in [-0.39, 0.29) is 4.90 Å². The van der Waals surface area contributed by atoms with Gasteiger partial charge in [0.1, 0.15) is 5.01 Å². The Labute approximate surface area is 174 Å². The Balaban J connectivity index is 1.62. The van der Waals surface area contributed by atoms with E-state index in [0.29, 0.717) is 5.69 Å². The summed E-state index contributed by atoms with van der Waals surface area (Å²) >= 11 is 1.54. The lowest BCUT2D eigenvalue weighted by Gasteiger charge is -2.11. The van der Waals surface area contributed by atoms with Crippen LogP contribution >= 0.6 is 11.3 Å². The molecule has 4 aromatic rings. The van der Waals surface area contributed by atoms with Crippen LogP contribution in [-0.4, -0.2) is 18.4 Å². The van der Waals surface area contributed by atoms with E-state index in [1.807, 2.05) is 42.6 Å². The minimum Gasteiger partial charge on any atom is -0.280 e. The van der Waals surface area contributed by atoms with Gasteiger partial charge >= 0.3 is 0 Å². The van der Waals surface area contributed by atoms with E-state index < -0.39 is 10.0 Å². The smallest absolute Gasteiger partial charge is 0.262 e. The molecule has 2 aromatic carbocycles. The van der Waals surface area contributed by atoms with Crippen molar-refractivity contribution in [1.82, 2.24) is 9.97 Å². The molecule has 0 fully saturated rings. The van der Waals surface area contributed by atoms with Crippen LogP contribution < -0.4 is 4.72 Å². The first kappa shape index (κ1) is 19.3. The minimum atomic E-state index is -3.67. The number of hydrogen-bond acceptors (Lipinski definition) is 5. The molecule has 0 aliphatic rings. The Morgan fingerprint density at radius 3 is 2.48 bits per heavy atom. The van der Waals surface area contributed by atoms with Crippen LogP contribution in [0.2, 0.25) is 0 Å². The first-order chi connectivity index (χ1) is 13.9. The fraction of sp³-hybridized carbons (Fsp3) is 0.0909. The first-order valence-corrected chi connectivity index (χ1v) is 11.3. The molecule has 5 nitrogen and oxygen atoms in total. The van der Waals surface area contributed by atoms with Crippen molar-refractivity contribution in [3.05, 3.63) is 83.5 Å². The van der Waals surface area contributed by atoms with E-state index >= 15 is 0 Å². The van der Waals surface area contributed by atoms with Crippen molar-refractivity contribution in [2.75, 3.05) is 4.72 Å². The third-order valence-corrected chi connectivity index (χ3v) is 6.89. The van der Waals surface area contributed by atoms with Gasteiger partial charge in [0, 0.05) is 34.6 Å². The second-order valence-corrected chi connectivity index (χ2v) is 9.24. The van der Waals surface area contributed by atoms with Gasteiger partial charge in [0.05, 0.1) is 10.6 Å². The SMILES string of the molecule is Cc1ccc(S(=O)(=O)Nc2cccc(-c3csc(-c4ccncc4)n3)c2)c(C)c1. The number of sulfonamides is 1. The van der Waals surface area contributed by atoms with Gasteiger partial charge in [0.2, 0.25) is 0 Å². The van der Waals surface area contributed by atoms with Crippen molar-refractivity contribution in [1.29, 1.82) is 0 Å². The molecular weight excluding hydrogens is 402 g/mol. The van der Waals surface area contributed by atoms with Gasteiger partial charge in [0.15, 0.2) is 0 Å². The molecule has 0 saturated heterocycles. The maximum atomic E-state index is 12.8. The number of aromatic nitrogens is 2. The predicted molar refractivity (Wildman–Crippen MR) is 118 cm³/mol. The highest BCUT2D eigenvalue weighted by atomic mass is 32.2. The summed E-state index contributed by atoms with van der Waals surface area (Å²) in [5, 5.41) is 2.86. The largest absolute Gasteiger partial charge is 0.280 e. The van der Waals surface area contributed by atoms with Crippen LogP contribution in [0, 0.1) is 13.8 Å². The zero-order valence-corrected chi connectivity index (χ0v) is 17.6. The highest BCUT2D eigenvalue weighted by Gasteiger charge is 2.17. The number of anilines is 1. The zero-order valence-electron chi connectivity index (χ0n) is 16.0. The van der Waals surface area contributed by atoms with E-state index in [9.17, 15) is 8.42 Å². The lowest BCUT2D eigenvalue weighted by Crippen LogP contribution is -2.14. The van der Waals surface area contributed by atoms with E-state index in [2.05, 4.69) is 14.7 Å². The summed E-state index contributed by atoms with van der Waals surface area (Å²) in [4.78, 5) is 8.99. The summed E-state index contributed by atoms with van der Waals surface area (Å²) in [5.74, 6) is 0. The van der Waals surface area contributed by atoms with E-state index in [1.54, 1.807) is 43.6 Å². The standard InChI is InChI=1S/C22H19N3O2S2/c1-15-6-7-21(16(2)12-15)29(26,27)25-19-5-3-4-18(13-19)20-14-28-22(24-20)17-8-10-23-11-9-17/h3-14,25H,1-2H3. The number of pyridine rings is 1. The molecule has 0 saturated carbocycles. The van der Waals surface area contributed by atoms with Gasteiger partial charge in [0.25, 0.3) is 10.0 Å². The average Bonchev–Trinajstić information content (AvgIpc) is 3.18. The Kier molecular flexibility index (Phi) is 5.17. The first-order valence-electron chi connectivity index (χ1n) is 8.99. The molecule has 2 heterocycles. The summed E-state index contributed by atoms with van der Waals surface area (Å²) in [5.41, 5.74) is 4.90. The number of rotatable bonds is 5. The Bertz CT molecular complexity index is 1270. The summed E-state index contributed by atoms with van der Waals surface area (Å²) in [7, 11) is -3.67. The normalized spacial score (nSPS) is 11.4. The van der Waals surface area contributed by atoms with Gasteiger partial charge in [-0.25, -0.2) is 13.4 Å². The van der Waals surface area contributed by atoms with Gasteiger partial charge in [-0.2, -0.15) is 0 Å². The van der Waals surface area contributed by atoms with Gasteiger partial charge in [-0.15, -0.1) is 11.3 Å². The molecule has 0 bridgehead atoms. The zero-order chi connectivity index (χ0) is 20.4. The van der Waals surface area contributed by atoms with Gasteiger partial charge < -0.3 is 0 Å². The van der Waals surface area contributed by atoms with E-state index in [0.717, 1.165) is 33.0 Å². The summed E-state index contributed by atoms with van der Waals surface area (Å²) in [6.07, 6.45) is 3.47. The number of hydrogen-bond donors (Lipinski definition) is 1. The highest BCUT2D eigenvalue weighted by molar-refractivity contribution is 7.92. The molecule has 7 heteroatoms. The van der Waals surface area contributed by atoms with Crippen molar-refractivity contribution >= 4 is 27.0 Å². The molecule has 0 unspecified atom stereocenters. The van der Waals surface area contributed by atoms with Gasteiger partial charge in [-0.1, -0.05) is 29.8 Å². The molecule has 29 heavy (non-hydrogen) atoms. The predicted octanol–water partition coefficient (Wildman–Crippen LogP) is 5.29. The monoisotopic (exact) mass is 421 g/mol. The molecule has 0 aliphatic carbocycles. The number of nitrogens with one attached hydrogen (secondary N) is 1. The van der Waals surface area contributed by atoms with Crippen LogP contribution in [0.15, 0.2) is 77.3 Å². The summed E-state index contributed by atoms with van der Waals surface area (Å²) in [6, 6.07) is 16.4. The van der Waals surface area contributed by atoms with E-state index in [1.165, 1.54) is 11.3 Å². The number of nitrogens with zero attached hydrogens (tertiary/aromatic N) is 2. The Hall–Kier alpha value is -3.03. The number of thiazole rings is 1. The van der Waals surface area contributed by atoms with Crippen LogP contribution in [0.25, 0.3) is 21.8 Å².